The molecule has 2 aliphatic heterocycles. The monoisotopic (exact) mass is 236 g/mol. The summed E-state index contributed by atoms with van der Waals surface area (Å²) in [6.07, 6.45) is 5.29. The van der Waals surface area contributed by atoms with Gasteiger partial charge in [0.05, 0.1) is 6.54 Å². The van der Waals surface area contributed by atoms with Crippen molar-refractivity contribution in [3.63, 3.8) is 0 Å². The van der Waals surface area contributed by atoms with Gasteiger partial charge in [0.1, 0.15) is 5.82 Å². The lowest BCUT2D eigenvalue weighted by Crippen LogP contribution is -2.32. The fraction of sp³-hybridized carbons (Fsp3) is 0.833. The van der Waals surface area contributed by atoms with Crippen molar-refractivity contribution in [1.29, 1.82) is 0 Å². The summed E-state index contributed by atoms with van der Waals surface area (Å²) in [5.41, 5.74) is 5.94. The molecule has 1 aromatic heterocycles. The number of fused-ring (bicyclic) bond motifs is 1. The fourth-order valence-electron chi connectivity index (χ4n) is 2.68. The third kappa shape index (κ3) is 2.50. The summed E-state index contributed by atoms with van der Waals surface area (Å²) in [5, 5.41) is 4.58. The molecule has 5 nitrogen and oxygen atoms in total. The van der Waals surface area contributed by atoms with Crippen LogP contribution in [0.4, 0.5) is 0 Å². The normalized spacial score (nSPS) is 25.8. The average molecular weight is 236 g/mol. The number of aromatic nitrogens is 3. The van der Waals surface area contributed by atoms with Gasteiger partial charge in [-0.05, 0) is 25.2 Å². The molecule has 0 aliphatic carbocycles. The third-order valence-electron chi connectivity index (χ3n) is 3.75. The van der Waals surface area contributed by atoms with Crippen LogP contribution in [0, 0.1) is 5.92 Å². The lowest BCUT2D eigenvalue weighted by Gasteiger charge is -2.20. The topological polar surface area (TPSA) is 66.0 Å². The number of rotatable bonds is 2. The zero-order valence-corrected chi connectivity index (χ0v) is 10.1. The zero-order valence-electron chi connectivity index (χ0n) is 10.1. The fourth-order valence-corrected chi connectivity index (χ4v) is 2.68. The maximum atomic E-state index is 5.94. The van der Waals surface area contributed by atoms with Crippen molar-refractivity contribution in [2.24, 2.45) is 11.7 Å². The minimum absolute atomic E-state index is 0.250. The van der Waals surface area contributed by atoms with Gasteiger partial charge in [0.25, 0.3) is 0 Å². The van der Waals surface area contributed by atoms with Gasteiger partial charge >= 0.3 is 0 Å². The van der Waals surface area contributed by atoms with Gasteiger partial charge in [-0.2, -0.15) is 5.10 Å². The maximum Gasteiger partial charge on any atom is 0.151 e. The molecule has 3 rings (SSSR count). The molecule has 1 atom stereocenters. The molecule has 94 valence electrons. The number of hydrogen-bond donors (Lipinski definition) is 1. The highest BCUT2D eigenvalue weighted by molar-refractivity contribution is 4.98. The summed E-state index contributed by atoms with van der Waals surface area (Å²) in [6.45, 7) is 2.61. The van der Waals surface area contributed by atoms with Crippen molar-refractivity contribution in [2.45, 2.75) is 44.7 Å². The van der Waals surface area contributed by atoms with E-state index in [4.69, 9.17) is 10.5 Å². The molecule has 1 fully saturated rings. The highest BCUT2D eigenvalue weighted by Crippen LogP contribution is 2.20. The maximum absolute atomic E-state index is 5.94. The van der Waals surface area contributed by atoms with Gasteiger partial charge in [0, 0.05) is 32.1 Å². The quantitative estimate of drug-likeness (QED) is 0.813. The van der Waals surface area contributed by atoms with E-state index in [1.807, 2.05) is 4.68 Å². The van der Waals surface area contributed by atoms with Crippen molar-refractivity contribution < 1.29 is 4.74 Å². The van der Waals surface area contributed by atoms with E-state index in [0.717, 1.165) is 63.5 Å². The number of ether oxygens (including phenoxy) is 1. The van der Waals surface area contributed by atoms with Crippen LogP contribution in [0.25, 0.3) is 0 Å². The van der Waals surface area contributed by atoms with E-state index in [0.29, 0.717) is 5.92 Å². The van der Waals surface area contributed by atoms with Crippen LogP contribution in [0.3, 0.4) is 0 Å². The average Bonchev–Trinajstić information content (AvgIpc) is 2.71. The standard InChI is InChI=1S/C12H20N4O/c13-10-1-2-12-14-11(15-16(12)8-10)7-9-3-5-17-6-4-9/h9-10H,1-8,13H2. The highest BCUT2D eigenvalue weighted by Gasteiger charge is 2.21. The van der Waals surface area contributed by atoms with Crippen LogP contribution in [0.1, 0.15) is 30.9 Å². The van der Waals surface area contributed by atoms with Crippen molar-refractivity contribution >= 4 is 0 Å². The molecule has 5 heteroatoms. The van der Waals surface area contributed by atoms with Crippen LogP contribution < -0.4 is 5.73 Å². The Bertz CT molecular complexity index is 384. The van der Waals surface area contributed by atoms with Gasteiger partial charge in [-0.25, -0.2) is 9.67 Å². The molecular formula is C12H20N4O. The van der Waals surface area contributed by atoms with Gasteiger partial charge in [-0.15, -0.1) is 0 Å². The molecule has 1 unspecified atom stereocenters. The Morgan fingerprint density at radius 1 is 1.29 bits per heavy atom. The summed E-state index contributed by atoms with van der Waals surface area (Å²) in [5.74, 6) is 2.82. The van der Waals surface area contributed by atoms with Crippen LogP contribution in [-0.4, -0.2) is 34.0 Å². The van der Waals surface area contributed by atoms with E-state index in [1.54, 1.807) is 0 Å². The molecular weight excluding hydrogens is 216 g/mol. The molecule has 3 heterocycles. The molecule has 0 aromatic carbocycles. The van der Waals surface area contributed by atoms with Crippen molar-refractivity contribution in [3.8, 4) is 0 Å². The first-order chi connectivity index (χ1) is 8.31. The van der Waals surface area contributed by atoms with E-state index >= 15 is 0 Å². The van der Waals surface area contributed by atoms with E-state index < -0.39 is 0 Å². The molecule has 17 heavy (non-hydrogen) atoms. The van der Waals surface area contributed by atoms with Gasteiger partial charge in [0.2, 0.25) is 0 Å². The molecule has 0 radical (unpaired) electrons. The van der Waals surface area contributed by atoms with Gasteiger partial charge < -0.3 is 10.5 Å². The van der Waals surface area contributed by atoms with E-state index in [9.17, 15) is 0 Å². The summed E-state index contributed by atoms with van der Waals surface area (Å²) in [6, 6.07) is 0.250. The molecule has 0 amide bonds. The molecule has 0 spiro atoms. The minimum atomic E-state index is 0.250. The van der Waals surface area contributed by atoms with Crippen LogP contribution in [-0.2, 0) is 24.1 Å². The summed E-state index contributed by atoms with van der Waals surface area (Å²) in [7, 11) is 0. The Kier molecular flexibility index (Phi) is 3.11. The number of nitrogens with zero attached hydrogens (tertiary/aromatic N) is 3. The SMILES string of the molecule is NC1CCc2nc(CC3CCOCC3)nn2C1. The van der Waals surface area contributed by atoms with E-state index in [2.05, 4.69) is 10.1 Å². The van der Waals surface area contributed by atoms with Crippen molar-refractivity contribution in [2.75, 3.05) is 13.2 Å². The Morgan fingerprint density at radius 3 is 2.94 bits per heavy atom. The predicted molar refractivity (Wildman–Crippen MR) is 63.6 cm³/mol. The molecule has 2 N–H and O–H groups in total. The largest absolute Gasteiger partial charge is 0.381 e. The highest BCUT2D eigenvalue weighted by atomic mass is 16.5. The Morgan fingerprint density at radius 2 is 2.12 bits per heavy atom. The first-order valence-corrected chi connectivity index (χ1v) is 6.57. The van der Waals surface area contributed by atoms with Gasteiger partial charge in [-0.1, -0.05) is 0 Å². The summed E-state index contributed by atoms with van der Waals surface area (Å²) >= 11 is 0. The van der Waals surface area contributed by atoms with Crippen molar-refractivity contribution in [1.82, 2.24) is 14.8 Å². The molecule has 0 bridgehead atoms. The first-order valence-electron chi connectivity index (χ1n) is 6.57. The van der Waals surface area contributed by atoms with E-state index in [1.165, 1.54) is 0 Å². The second-order valence-electron chi connectivity index (χ2n) is 5.18. The number of aryl methyl sites for hydroxylation is 1. The van der Waals surface area contributed by atoms with E-state index in [-0.39, 0.29) is 6.04 Å². The first kappa shape index (κ1) is 11.2. The lowest BCUT2D eigenvalue weighted by atomic mass is 9.96. The van der Waals surface area contributed by atoms with Gasteiger partial charge in [0.15, 0.2) is 5.82 Å². The Labute approximate surface area is 101 Å². The lowest BCUT2D eigenvalue weighted by molar-refractivity contribution is 0.0659. The van der Waals surface area contributed by atoms with Crippen LogP contribution in [0.5, 0.6) is 0 Å². The molecule has 1 aromatic rings. The summed E-state index contributed by atoms with van der Waals surface area (Å²) in [4.78, 5) is 4.63. The molecule has 0 saturated carbocycles. The summed E-state index contributed by atoms with van der Waals surface area (Å²) < 4.78 is 7.37. The van der Waals surface area contributed by atoms with Crippen molar-refractivity contribution in [3.05, 3.63) is 11.6 Å². The van der Waals surface area contributed by atoms with Crippen LogP contribution in [0.15, 0.2) is 0 Å². The molecule has 1 saturated heterocycles. The number of nitrogens with two attached hydrogens (primary N) is 1. The van der Waals surface area contributed by atoms with Gasteiger partial charge in [-0.3, -0.25) is 0 Å². The van der Waals surface area contributed by atoms with Crippen LogP contribution >= 0.6 is 0 Å². The zero-order chi connectivity index (χ0) is 11.7. The smallest absolute Gasteiger partial charge is 0.151 e. The Balaban J connectivity index is 1.67. The minimum Gasteiger partial charge on any atom is -0.381 e. The number of hydrogen-bond acceptors (Lipinski definition) is 4. The van der Waals surface area contributed by atoms with Crippen LogP contribution in [0.2, 0.25) is 0 Å². The molecule has 2 aliphatic rings. The Hall–Kier alpha value is -0.940. The second-order valence-corrected chi connectivity index (χ2v) is 5.18. The third-order valence-corrected chi connectivity index (χ3v) is 3.75. The second kappa shape index (κ2) is 4.74. The predicted octanol–water partition coefficient (Wildman–Crippen LogP) is 0.521.